The molecule has 7 heteroatoms. The molecule has 0 radical (unpaired) electrons. The summed E-state index contributed by atoms with van der Waals surface area (Å²) < 4.78 is 0. The van der Waals surface area contributed by atoms with Crippen molar-refractivity contribution >= 4 is 34.3 Å². The Morgan fingerprint density at radius 3 is 2.94 bits per heavy atom. The number of nitro groups is 1. The average molecular weight is 284 g/mol. The van der Waals surface area contributed by atoms with Gasteiger partial charge in [-0.2, -0.15) is 0 Å². The number of hydrogen-bond acceptors (Lipinski definition) is 5. The molecule has 0 saturated carbocycles. The maximum Gasteiger partial charge on any atom is 0.310 e. The van der Waals surface area contributed by atoms with Gasteiger partial charge in [0.05, 0.1) is 16.5 Å². The molecule has 0 aliphatic carbocycles. The minimum Gasteiger partial charge on any atom is -0.374 e. The van der Waals surface area contributed by atoms with E-state index < -0.39 is 4.92 Å². The van der Waals surface area contributed by atoms with E-state index in [1.165, 1.54) is 6.07 Å². The first-order valence-electron chi connectivity index (χ1n) is 5.16. The van der Waals surface area contributed by atoms with Crippen LogP contribution < -0.4 is 5.32 Å². The van der Waals surface area contributed by atoms with Crippen LogP contribution in [0.1, 0.15) is 9.88 Å². The zero-order chi connectivity index (χ0) is 13.1. The van der Waals surface area contributed by atoms with Crippen LogP contribution in [0.3, 0.4) is 0 Å². The largest absolute Gasteiger partial charge is 0.374 e. The van der Waals surface area contributed by atoms with Gasteiger partial charge in [0.15, 0.2) is 0 Å². The fourth-order valence-electron chi connectivity index (χ4n) is 1.51. The third kappa shape index (κ3) is 2.77. The van der Waals surface area contributed by atoms with Gasteiger partial charge in [0, 0.05) is 11.1 Å². The molecule has 2 aromatic rings. The van der Waals surface area contributed by atoms with Crippen molar-refractivity contribution in [3.05, 3.63) is 49.4 Å². The number of para-hydroxylation sites is 1. The molecule has 94 valence electrons. The minimum absolute atomic E-state index is 0.0968. The van der Waals surface area contributed by atoms with E-state index >= 15 is 0 Å². The second kappa shape index (κ2) is 5.32. The molecule has 0 amide bonds. The van der Waals surface area contributed by atoms with Gasteiger partial charge in [-0.25, -0.2) is 4.98 Å². The van der Waals surface area contributed by atoms with E-state index in [0.717, 1.165) is 9.88 Å². The van der Waals surface area contributed by atoms with Crippen molar-refractivity contribution in [2.45, 2.75) is 13.5 Å². The number of rotatable bonds is 4. The molecular formula is C11H10ClN3O2S. The number of hydrogen-bond donors (Lipinski definition) is 1. The normalized spacial score (nSPS) is 10.3. The quantitative estimate of drug-likeness (QED) is 0.687. The van der Waals surface area contributed by atoms with Gasteiger partial charge in [-0.3, -0.25) is 10.1 Å². The Balaban J connectivity index is 2.19. The molecule has 0 aliphatic heterocycles. The van der Waals surface area contributed by atoms with Gasteiger partial charge in [-0.05, 0) is 19.1 Å². The Kier molecular flexibility index (Phi) is 3.78. The van der Waals surface area contributed by atoms with Crippen molar-refractivity contribution < 1.29 is 4.92 Å². The lowest BCUT2D eigenvalue weighted by atomic mass is 10.2. The summed E-state index contributed by atoms with van der Waals surface area (Å²) in [5, 5.41) is 15.0. The Bertz CT molecular complexity index is 585. The lowest BCUT2D eigenvalue weighted by Gasteiger charge is -2.06. The third-order valence-corrected chi connectivity index (χ3v) is 3.51. The second-order valence-corrected chi connectivity index (χ2v) is 5.32. The summed E-state index contributed by atoms with van der Waals surface area (Å²) in [6, 6.07) is 4.81. The van der Waals surface area contributed by atoms with E-state index in [1.54, 1.807) is 29.7 Å². The van der Waals surface area contributed by atoms with Crippen molar-refractivity contribution in [1.29, 1.82) is 0 Å². The summed E-state index contributed by atoms with van der Waals surface area (Å²) in [5.74, 6) is 0. The first kappa shape index (κ1) is 12.8. The van der Waals surface area contributed by atoms with Crippen LogP contribution in [0.25, 0.3) is 0 Å². The van der Waals surface area contributed by atoms with Crippen LogP contribution in [-0.2, 0) is 6.54 Å². The van der Waals surface area contributed by atoms with Crippen molar-refractivity contribution in [2.24, 2.45) is 0 Å². The van der Waals surface area contributed by atoms with Crippen LogP contribution in [-0.4, -0.2) is 9.91 Å². The number of nitrogens with one attached hydrogen (secondary N) is 1. The van der Waals surface area contributed by atoms with Crippen LogP contribution in [0.15, 0.2) is 24.4 Å². The summed E-state index contributed by atoms with van der Waals surface area (Å²) in [6.45, 7) is 2.41. The third-order valence-electron chi connectivity index (χ3n) is 2.29. The Morgan fingerprint density at radius 2 is 2.33 bits per heavy atom. The fraction of sp³-hybridized carbons (Fsp3) is 0.182. The zero-order valence-electron chi connectivity index (χ0n) is 9.51. The molecule has 2 rings (SSSR count). The molecule has 1 heterocycles. The number of thiazole rings is 1. The van der Waals surface area contributed by atoms with Crippen molar-refractivity contribution in [3.63, 3.8) is 0 Å². The number of nitrogens with zero attached hydrogens (tertiary/aromatic N) is 2. The standard InChI is InChI=1S/C11H10ClN3O2S/c1-7-13-5-8(18-7)6-14-10-4-2-3-9(12)11(10)15(16)17/h2-5,14H,6H2,1H3. The molecule has 1 aromatic carbocycles. The highest BCUT2D eigenvalue weighted by Gasteiger charge is 2.17. The molecule has 5 nitrogen and oxygen atoms in total. The highest BCUT2D eigenvalue weighted by molar-refractivity contribution is 7.11. The van der Waals surface area contributed by atoms with E-state index in [4.69, 9.17) is 11.6 Å². The number of halogens is 1. The van der Waals surface area contributed by atoms with E-state index in [9.17, 15) is 10.1 Å². The molecule has 18 heavy (non-hydrogen) atoms. The lowest BCUT2D eigenvalue weighted by Crippen LogP contribution is -2.01. The molecule has 0 aliphatic rings. The molecule has 0 bridgehead atoms. The predicted octanol–water partition coefficient (Wildman–Crippen LogP) is 3.63. The highest BCUT2D eigenvalue weighted by Crippen LogP contribution is 2.32. The van der Waals surface area contributed by atoms with Gasteiger partial charge in [0.1, 0.15) is 10.7 Å². The Labute approximate surface area is 113 Å². The van der Waals surface area contributed by atoms with Crippen LogP contribution in [0, 0.1) is 17.0 Å². The summed E-state index contributed by atoms with van der Waals surface area (Å²) in [7, 11) is 0. The predicted molar refractivity (Wildman–Crippen MR) is 72.3 cm³/mol. The molecule has 1 aromatic heterocycles. The van der Waals surface area contributed by atoms with Crippen LogP contribution in [0.4, 0.5) is 11.4 Å². The molecular weight excluding hydrogens is 274 g/mol. The SMILES string of the molecule is Cc1ncc(CNc2cccc(Cl)c2[N+](=O)[O-])s1. The van der Waals surface area contributed by atoms with E-state index in [2.05, 4.69) is 10.3 Å². The van der Waals surface area contributed by atoms with Crippen LogP contribution in [0.2, 0.25) is 5.02 Å². The topological polar surface area (TPSA) is 68.1 Å². The summed E-state index contributed by atoms with van der Waals surface area (Å²) >= 11 is 7.37. The summed E-state index contributed by atoms with van der Waals surface area (Å²) in [4.78, 5) is 15.6. The van der Waals surface area contributed by atoms with Gasteiger partial charge in [-0.1, -0.05) is 17.7 Å². The molecule has 0 atom stereocenters. The zero-order valence-corrected chi connectivity index (χ0v) is 11.1. The summed E-state index contributed by atoms with van der Waals surface area (Å²) in [5.41, 5.74) is 0.318. The maximum absolute atomic E-state index is 10.9. The minimum atomic E-state index is -0.484. The second-order valence-electron chi connectivity index (χ2n) is 3.59. The number of anilines is 1. The lowest BCUT2D eigenvalue weighted by molar-refractivity contribution is -0.383. The van der Waals surface area contributed by atoms with Gasteiger partial charge in [0.25, 0.3) is 0 Å². The molecule has 0 saturated heterocycles. The first-order chi connectivity index (χ1) is 8.58. The number of nitro benzene ring substituents is 1. The van der Waals surface area contributed by atoms with E-state index in [0.29, 0.717) is 12.2 Å². The van der Waals surface area contributed by atoms with E-state index in [-0.39, 0.29) is 10.7 Å². The van der Waals surface area contributed by atoms with Crippen molar-refractivity contribution in [3.8, 4) is 0 Å². The first-order valence-corrected chi connectivity index (χ1v) is 6.35. The van der Waals surface area contributed by atoms with Crippen molar-refractivity contribution in [1.82, 2.24) is 4.98 Å². The van der Waals surface area contributed by atoms with Gasteiger partial charge in [0.2, 0.25) is 0 Å². The van der Waals surface area contributed by atoms with Crippen molar-refractivity contribution in [2.75, 3.05) is 5.32 Å². The van der Waals surface area contributed by atoms with Crippen LogP contribution >= 0.6 is 22.9 Å². The smallest absolute Gasteiger partial charge is 0.310 e. The number of aromatic nitrogens is 1. The molecule has 0 spiro atoms. The molecule has 0 fully saturated rings. The van der Waals surface area contributed by atoms with Gasteiger partial charge >= 0.3 is 5.69 Å². The van der Waals surface area contributed by atoms with Gasteiger partial charge < -0.3 is 5.32 Å². The summed E-state index contributed by atoms with van der Waals surface area (Å²) in [6.07, 6.45) is 1.75. The Hall–Kier alpha value is -1.66. The number of aryl methyl sites for hydroxylation is 1. The average Bonchev–Trinajstić information content (AvgIpc) is 2.72. The monoisotopic (exact) mass is 283 g/mol. The highest BCUT2D eigenvalue weighted by atomic mass is 35.5. The Morgan fingerprint density at radius 1 is 1.56 bits per heavy atom. The van der Waals surface area contributed by atoms with Crippen LogP contribution in [0.5, 0.6) is 0 Å². The number of benzene rings is 1. The molecule has 0 unspecified atom stereocenters. The fourth-order valence-corrected chi connectivity index (χ4v) is 2.49. The van der Waals surface area contributed by atoms with Gasteiger partial charge in [-0.15, -0.1) is 11.3 Å². The molecule has 1 N–H and O–H groups in total. The maximum atomic E-state index is 10.9. The van der Waals surface area contributed by atoms with E-state index in [1.807, 2.05) is 6.92 Å².